The Labute approximate surface area is 148 Å². The molecule has 4 heteroatoms. The average molecular weight is 340 g/mol. The summed E-state index contributed by atoms with van der Waals surface area (Å²) in [5, 5.41) is 26.2. The summed E-state index contributed by atoms with van der Waals surface area (Å²) < 4.78 is 0. The maximum absolute atomic E-state index is 8.81. The molecule has 3 aromatic rings. The number of carbonyl (C=O) groups excluding carboxylic acids is 1. The highest BCUT2D eigenvalue weighted by Crippen LogP contribution is 2.08. The Balaban J connectivity index is 0.000000330. The average Bonchev–Trinajstić information content (AvgIpc) is 2.61. The quantitative estimate of drug-likeness (QED) is 0.558. The van der Waals surface area contributed by atoms with Crippen molar-refractivity contribution < 1.29 is 20.1 Å². The first-order valence-electron chi connectivity index (χ1n) is 7.51. The van der Waals surface area contributed by atoms with Gasteiger partial charge in [-0.3, -0.25) is 0 Å². The summed E-state index contributed by atoms with van der Waals surface area (Å²) in [7, 11) is 0. The molecule has 3 N–H and O–H groups in total. The lowest BCUT2D eigenvalue weighted by Crippen LogP contribution is -1.66. The Bertz CT molecular complexity index is 656. The molecular weight excluding hydrogens is 316 g/mol. The summed E-state index contributed by atoms with van der Waals surface area (Å²) in [6, 6.07) is 23.0. The van der Waals surface area contributed by atoms with Gasteiger partial charge < -0.3 is 20.1 Å². The van der Waals surface area contributed by atoms with E-state index in [0.717, 1.165) is 5.56 Å². The summed E-state index contributed by atoms with van der Waals surface area (Å²) in [6.07, 6.45) is 0. The molecule has 0 fully saturated rings. The van der Waals surface area contributed by atoms with E-state index in [-0.39, 0.29) is 0 Å². The molecule has 0 aliphatic heterocycles. The lowest BCUT2D eigenvalue weighted by atomic mass is 10.2. The molecule has 0 unspecified atom stereocenters. The largest absolute Gasteiger partial charge is 0.508 e. The smallest absolute Gasteiger partial charge is 0.115 e. The van der Waals surface area contributed by atoms with Gasteiger partial charge in [-0.25, -0.2) is 0 Å². The molecule has 132 valence electrons. The first-order chi connectivity index (χ1) is 12.0. The highest BCUT2D eigenvalue weighted by atomic mass is 16.3. The second-order valence-electron chi connectivity index (χ2n) is 5.01. The minimum Gasteiger partial charge on any atom is -0.508 e. The summed E-state index contributed by atoms with van der Waals surface area (Å²) >= 11 is 0. The Hall–Kier alpha value is -3.27. The second-order valence-corrected chi connectivity index (χ2v) is 5.01. The predicted octanol–water partition coefficient (Wildman–Crippen LogP) is 4.61. The topological polar surface area (TPSA) is 77.8 Å². The van der Waals surface area contributed by atoms with E-state index < -0.39 is 0 Å². The zero-order chi connectivity index (χ0) is 19.1. The van der Waals surface area contributed by atoms with E-state index in [1.807, 2.05) is 51.0 Å². The third-order valence-corrected chi connectivity index (χ3v) is 2.79. The molecule has 0 saturated heterocycles. The van der Waals surface area contributed by atoms with Crippen LogP contribution in [0.2, 0.25) is 0 Å². The molecule has 0 saturated carbocycles. The van der Waals surface area contributed by atoms with Crippen molar-refractivity contribution in [1.82, 2.24) is 0 Å². The maximum Gasteiger partial charge on any atom is 0.115 e. The Morgan fingerprint density at radius 3 is 1.36 bits per heavy atom. The molecule has 0 aromatic heterocycles. The molecule has 3 rings (SSSR count). The van der Waals surface area contributed by atoms with Crippen LogP contribution in [0.1, 0.15) is 11.1 Å². The van der Waals surface area contributed by atoms with Gasteiger partial charge in [0, 0.05) is 0 Å². The van der Waals surface area contributed by atoms with Gasteiger partial charge in [-0.05, 0) is 55.8 Å². The first kappa shape index (κ1) is 21.7. The fourth-order valence-electron chi connectivity index (χ4n) is 1.60. The molecule has 25 heavy (non-hydrogen) atoms. The lowest BCUT2D eigenvalue weighted by molar-refractivity contribution is -0.0979. The van der Waals surface area contributed by atoms with E-state index >= 15 is 0 Å². The third-order valence-electron chi connectivity index (χ3n) is 2.79. The van der Waals surface area contributed by atoms with Crippen LogP contribution in [0.25, 0.3) is 0 Å². The number of aromatic hydroxyl groups is 3. The molecule has 3 aromatic carbocycles. The zero-order valence-corrected chi connectivity index (χ0v) is 14.5. The van der Waals surface area contributed by atoms with Crippen LogP contribution in [-0.4, -0.2) is 22.1 Å². The van der Waals surface area contributed by atoms with Crippen LogP contribution in [0.4, 0.5) is 0 Å². The van der Waals surface area contributed by atoms with Crippen molar-refractivity contribution in [2.75, 3.05) is 0 Å². The molecule has 0 aliphatic carbocycles. The Morgan fingerprint density at radius 1 is 0.560 bits per heavy atom. The van der Waals surface area contributed by atoms with Crippen LogP contribution in [0.15, 0.2) is 78.9 Å². The second kappa shape index (κ2) is 13.2. The molecule has 0 spiro atoms. The van der Waals surface area contributed by atoms with E-state index in [4.69, 9.17) is 20.1 Å². The molecule has 0 heterocycles. The monoisotopic (exact) mass is 340 g/mol. The fourth-order valence-corrected chi connectivity index (χ4v) is 1.60. The Kier molecular flexibility index (Phi) is 11.5. The Morgan fingerprint density at radius 2 is 1.04 bits per heavy atom. The summed E-state index contributed by atoms with van der Waals surface area (Å²) in [4.78, 5) is 8.00. The van der Waals surface area contributed by atoms with E-state index in [2.05, 4.69) is 0 Å². The van der Waals surface area contributed by atoms with Crippen molar-refractivity contribution in [1.29, 1.82) is 0 Å². The van der Waals surface area contributed by atoms with Crippen molar-refractivity contribution in [3.63, 3.8) is 0 Å². The van der Waals surface area contributed by atoms with Crippen molar-refractivity contribution in [3.05, 3.63) is 90.0 Å². The van der Waals surface area contributed by atoms with Crippen LogP contribution in [0.3, 0.4) is 0 Å². The van der Waals surface area contributed by atoms with Gasteiger partial charge in [0.25, 0.3) is 0 Å². The SMILES string of the molecule is C=O.Cc1ccc(O)cc1.Cc1cccc(O)c1.Oc1ccccc1. The molecule has 0 atom stereocenters. The standard InChI is InChI=1S/2C7H8O.C6H6O.CH2O/c1-6-2-4-7(8)5-3-6;1-6-3-2-4-7(8)5-6;7-6-4-2-1-3-5-6;1-2/h2*2-5,8H,1H3;1-5,7H;1H2. The van der Waals surface area contributed by atoms with E-state index in [1.165, 1.54) is 5.56 Å². The maximum atomic E-state index is 8.81. The molecule has 0 radical (unpaired) electrons. The number of carbonyl (C=O) groups is 1. The van der Waals surface area contributed by atoms with Crippen LogP contribution >= 0.6 is 0 Å². The minimum atomic E-state index is 0.322. The zero-order valence-electron chi connectivity index (χ0n) is 14.5. The number of benzene rings is 3. The van der Waals surface area contributed by atoms with Crippen molar-refractivity contribution in [3.8, 4) is 17.2 Å². The highest BCUT2D eigenvalue weighted by Gasteiger charge is 1.83. The number of hydrogen-bond acceptors (Lipinski definition) is 4. The van der Waals surface area contributed by atoms with Gasteiger partial charge in [-0.1, -0.05) is 48.0 Å². The molecule has 0 aliphatic rings. The summed E-state index contributed by atoms with van der Waals surface area (Å²) in [6.45, 7) is 5.93. The molecular formula is C21H24O4. The van der Waals surface area contributed by atoms with Crippen LogP contribution in [0.5, 0.6) is 17.2 Å². The summed E-state index contributed by atoms with van der Waals surface area (Å²) in [5.74, 6) is 0.989. The predicted molar refractivity (Wildman–Crippen MR) is 101 cm³/mol. The normalized spacial score (nSPS) is 8.40. The highest BCUT2D eigenvalue weighted by molar-refractivity contribution is 5.26. The number of phenols is 3. The van der Waals surface area contributed by atoms with Crippen LogP contribution < -0.4 is 0 Å². The van der Waals surface area contributed by atoms with Crippen molar-refractivity contribution in [2.45, 2.75) is 13.8 Å². The first-order valence-corrected chi connectivity index (χ1v) is 7.51. The molecule has 4 nitrogen and oxygen atoms in total. The minimum absolute atomic E-state index is 0.322. The third kappa shape index (κ3) is 11.9. The van der Waals surface area contributed by atoms with Gasteiger partial charge in [0.05, 0.1) is 0 Å². The number of para-hydroxylation sites is 1. The lowest BCUT2D eigenvalue weighted by Gasteiger charge is -1.89. The van der Waals surface area contributed by atoms with Gasteiger partial charge in [-0.15, -0.1) is 0 Å². The van der Waals surface area contributed by atoms with Crippen LogP contribution in [0, 0.1) is 13.8 Å². The summed E-state index contributed by atoms with van der Waals surface area (Å²) in [5.41, 5.74) is 2.26. The molecule has 0 bridgehead atoms. The van der Waals surface area contributed by atoms with Gasteiger partial charge in [0.15, 0.2) is 0 Å². The van der Waals surface area contributed by atoms with Crippen molar-refractivity contribution in [2.24, 2.45) is 0 Å². The van der Waals surface area contributed by atoms with Gasteiger partial charge in [0.2, 0.25) is 0 Å². The number of aryl methyl sites for hydroxylation is 2. The van der Waals surface area contributed by atoms with Crippen LogP contribution in [-0.2, 0) is 4.79 Å². The number of rotatable bonds is 0. The fraction of sp³-hybridized carbons (Fsp3) is 0.0952. The van der Waals surface area contributed by atoms with Crippen molar-refractivity contribution >= 4 is 6.79 Å². The van der Waals surface area contributed by atoms with Gasteiger partial charge in [0.1, 0.15) is 24.0 Å². The van der Waals surface area contributed by atoms with Gasteiger partial charge in [-0.2, -0.15) is 0 Å². The number of hydrogen-bond donors (Lipinski definition) is 3. The van der Waals surface area contributed by atoms with E-state index in [1.54, 1.807) is 48.5 Å². The van der Waals surface area contributed by atoms with E-state index in [9.17, 15) is 0 Å². The van der Waals surface area contributed by atoms with E-state index in [0.29, 0.717) is 17.2 Å². The van der Waals surface area contributed by atoms with Gasteiger partial charge >= 0.3 is 0 Å². The molecule has 0 amide bonds. The number of phenolic OH excluding ortho intramolecular Hbond substituents is 3.